The molecule has 4 heterocycles. The molecule has 1 aromatic carbocycles. The van der Waals surface area contributed by atoms with Crippen LogP contribution in [0.1, 0.15) is 37.9 Å². The summed E-state index contributed by atoms with van der Waals surface area (Å²) >= 11 is 0. The highest BCUT2D eigenvalue weighted by Gasteiger charge is 2.31. The first-order valence-electron chi connectivity index (χ1n) is 11.7. The van der Waals surface area contributed by atoms with Crippen molar-refractivity contribution in [3.63, 3.8) is 0 Å². The number of ketones is 1. The normalized spacial score (nSPS) is 13.8. The monoisotopic (exact) mass is 483 g/mol. The van der Waals surface area contributed by atoms with Crippen LogP contribution >= 0.6 is 0 Å². The Morgan fingerprint density at radius 2 is 1.50 bits per heavy atom. The molecule has 0 unspecified atom stereocenters. The number of H-pyrrole nitrogens is 1. The molecule has 0 spiro atoms. The Balaban J connectivity index is 1.37. The number of pyridine rings is 1. The van der Waals surface area contributed by atoms with Crippen molar-refractivity contribution in [3.8, 4) is 11.5 Å². The molecule has 36 heavy (non-hydrogen) atoms. The first-order chi connectivity index (χ1) is 17.3. The quantitative estimate of drug-likeness (QED) is 0.349. The predicted molar refractivity (Wildman–Crippen MR) is 132 cm³/mol. The maximum absolute atomic E-state index is 13.3. The van der Waals surface area contributed by atoms with E-state index in [1.54, 1.807) is 43.3 Å². The number of aryl methyl sites for hydroxylation is 3. The van der Waals surface area contributed by atoms with Crippen LogP contribution in [0.2, 0.25) is 0 Å². The molecule has 10 nitrogen and oxygen atoms in total. The minimum atomic E-state index is -0.604. The van der Waals surface area contributed by atoms with Gasteiger partial charge >= 0.3 is 0 Å². The second kappa shape index (κ2) is 9.29. The minimum Gasteiger partial charge on any atom is -0.359 e. The van der Waals surface area contributed by atoms with Gasteiger partial charge < -0.3 is 14.8 Å². The lowest BCUT2D eigenvalue weighted by Gasteiger charge is -2.34. The first-order valence-corrected chi connectivity index (χ1v) is 11.7. The van der Waals surface area contributed by atoms with Crippen LogP contribution in [-0.4, -0.2) is 78.5 Å². The van der Waals surface area contributed by atoms with Gasteiger partial charge in [-0.3, -0.25) is 19.4 Å². The number of carbonyl (C=O) groups is 3. The summed E-state index contributed by atoms with van der Waals surface area (Å²) in [7, 11) is 0. The fourth-order valence-corrected chi connectivity index (χ4v) is 4.52. The Bertz CT molecular complexity index is 1470. The largest absolute Gasteiger partial charge is 0.359 e. The number of hydrogen-bond donors (Lipinski definition) is 1. The summed E-state index contributed by atoms with van der Waals surface area (Å²) in [6, 6.07) is 9.03. The number of hydrogen-bond acceptors (Lipinski definition) is 7. The van der Waals surface area contributed by atoms with Crippen LogP contribution in [0, 0.1) is 20.8 Å². The number of nitrogens with zero attached hydrogens (tertiary/aromatic N) is 6. The number of fused-ring (bicyclic) bond motifs is 1. The van der Waals surface area contributed by atoms with E-state index >= 15 is 0 Å². The number of benzene rings is 1. The molecule has 0 saturated carbocycles. The summed E-state index contributed by atoms with van der Waals surface area (Å²) in [6.07, 6.45) is 3.19. The molecule has 0 atom stereocenters. The molecule has 182 valence electrons. The van der Waals surface area contributed by atoms with Crippen molar-refractivity contribution in [2.24, 2.45) is 0 Å². The second-order valence-electron chi connectivity index (χ2n) is 8.78. The third-order valence-corrected chi connectivity index (χ3v) is 6.28. The summed E-state index contributed by atoms with van der Waals surface area (Å²) in [4.78, 5) is 63.0. The Kier molecular flexibility index (Phi) is 6.01. The van der Waals surface area contributed by atoms with Crippen molar-refractivity contribution >= 4 is 28.5 Å². The fourth-order valence-electron chi connectivity index (χ4n) is 4.52. The molecule has 1 fully saturated rings. The molecule has 5 rings (SSSR count). The van der Waals surface area contributed by atoms with E-state index in [-0.39, 0.29) is 11.5 Å². The number of rotatable bonds is 4. The van der Waals surface area contributed by atoms with Gasteiger partial charge in [0.05, 0.1) is 11.1 Å². The topological polar surface area (TPSA) is 125 Å². The number of aromatic amines is 1. The van der Waals surface area contributed by atoms with Crippen LogP contribution in [0.4, 0.5) is 0 Å². The van der Waals surface area contributed by atoms with E-state index in [0.29, 0.717) is 65.8 Å². The molecule has 1 saturated heterocycles. The molecule has 0 bridgehead atoms. The highest BCUT2D eigenvalue weighted by Crippen LogP contribution is 2.29. The van der Waals surface area contributed by atoms with E-state index in [9.17, 15) is 14.4 Å². The Morgan fingerprint density at radius 3 is 2.17 bits per heavy atom. The van der Waals surface area contributed by atoms with Gasteiger partial charge in [-0.15, -0.1) is 0 Å². The van der Waals surface area contributed by atoms with Crippen LogP contribution in [0.15, 0.2) is 42.7 Å². The molecule has 1 N–H and O–H groups in total. The van der Waals surface area contributed by atoms with Crippen LogP contribution in [-0.2, 0) is 4.79 Å². The molecule has 3 aromatic heterocycles. The summed E-state index contributed by atoms with van der Waals surface area (Å²) in [6.45, 7) is 6.71. The summed E-state index contributed by atoms with van der Waals surface area (Å²) in [5.41, 5.74) is 2.72. The average Bonchev–Trinajstić information content (AvgIpc) is 3.34. The lowest BCUT2D eigenvalue weighted by atomic mass is 10.0. The molecule has 1 aliphatic rings. The summed E-state index contributed by atoms with van der Waals surface area (Å²) in [5, 5.41) is 0.618. The lowest BCUT2D eigenvalue weighted by Crippen LogP contribution is -2.52. The maximum atomic E-state index is 13.3. The first kappa shape index (κ1) is 23.3. The number of piperazine rings is 1. The highest BCUT2D eigenvalue weighted by atomic mass is 16.2. The van der Waals surface area contributed by atoms with Crippen molar-refractivity contribution in [1.29, 1.82) is 0 Å². The zero-order chi connectivity index (χ0) is 25.4. The molecule has 4 aromatic rings. The van der Waals surface area contributed by atoms with Crippen LogP contribution < -0.4 is 0 Å². The van der Waals surface area contributed by atoms with Gasteiger partial charge in [0.1, 0.15) is 17.3 Å². The predicted octanol–water partition coefficient (Wildman–Crippen LogP) is 2.51. The number of Topliss-reactive ketones (excluding diaryl/α,β-unsaturated/α-hetero) is 1. The van der Waals surface area contributed by atoms with Gasteiger partial charge in [-0.1, -0.05) is 18.2 Å². The van der Waals surface area contributed by atoms with Gasteiger partial charge in [-0.05, 0) is 38.5 Å². The number of aromatic nitrogens is 5. The zero-order valence-electron chi connectivity index (χ0n) is 20.3. The van der Waals surface area contributed by atoms with E-state index in [1.165, 1.54) is 4.90 Å². The van der Waals surface area contributed by atoms with Gasteiger partial charge in [0.15, 0.2) is 5.82 Å². The average molecular weight is 484 g/mol. The van der Waals surface area contributed by atoms with E-state index in [0.717, 1.165) is 5.56 Å². The van der Waals surface area contributed by atoms with E-state index in [1.807, 2.05) is 25.1 Å². The van der Waals surface area contributed by atoms with Crippen LogP contribution in [0.5, 0.6) is 0 Å². The Hall–Kier alpha value is -4.47. The smallest absolute Gasteiger partial charge is 0.295 e. The van der Waals surface area contributed by atoms with Crippen molar-refractivity contribution in [3.05, 3.63) is 71.1 Å². The second-order valence-corrected chi connectivity index (χ2v) is 8.78. The number of carbonyl (C=O) groups excluding carboxylic acids is 3. The third kappa shape index (κ3) is 4.21. The number of amides is 2. The number of nitrogens with one attached hydrogen (secondary N) is 1. The summed E-state index contributed by atoms with van der Waals surface area (Å²) in [5.74, 6) is 0.257. The maximum Gasteiger partial charge on any atom is 0.295 e. The van der Waals surface area contributed by atoms with Gasteiger partial charge in [-0.2, -0.15) is 0 Å². The van der Waals surface area contributed by atoms with E-state index in [4.69, 9.17) is 0 Å². The lowest BCUT2D eigenvalue weighted by molar-refractivity contribution is -0.127. The van der Waals surface area contributed by atoms with Gasteiger partial charge in [0.25, 0.3) is 17.6 Å². The SMILES string of the molecule is Cc1nc(C)nc(-c2ncc(C)c3c(C(=O)C(=O)N4CCN(C(=O)c5ccccc5)CC4)c[nH]c23)n1. The minimum absolute atomic E-state index is 0.0786. The van der Waals surface area contributed by atoms with Crippen LogP contribution in [0.25, 0.3) is 22.4 Å². The molecule has 0 aliphatic carbocycles. The molecule has 0 radical (unpaired) electrons. The van der Waals surface area contributed by atoms with Crippen molar-refractivity contribution in [2.75, 3.05) is 26.2 Å². The Labute approximate surface area is 207 Å². The van der Waals surface area contributed by atoms with Crippen molar-refractivity contribution in [1.82, 2.24) is 34.7 Å². The third-order valence-electron chi connectivity index (χ3n) is 6.28. The molecule has 1 aliphatic heterocycles. The molecular formula is C26H25N7O3. The van der Waals surface area contributed by atoms with Crippen molar-refractivity contribution < 1.29 is 14.4 Å². The van der Waals surface area contributed by atoms with Gasteiger partial charge in [0.2, 0.25) is 0 Å². The van der Waals surface area contributed by atoms with Crippen molar-refractivity contribution in [2.45, 2.75) is 20.8 Å². The van der Waals surface area contributed by atoms with E-state index < -0.39 is 11.7 Å². The molecular weight excluding hydrogens is 458 g/mol. The zero-order valence-corrected chi connectivity index (χ0v) is 20.3. The molecule has 10 heteroatoms. The van der Waals surface area contributed by atoms with Crippen LogP contribution in [0.3, 0.4) is 0 Å². The highest BCUT2D eigenvalue weighted by molar-refractivity contribution is 6.45. The van der Waals surface area contributed by atoms with Gasteiger partial charge in [-0.25, -0.2) is 15.0 Å². The van der Waals surface area contributed by atoms with Gasteiger partial charge in [0, 0.05) is 49.5 Å². The standard InChI is InChI=1S/C26H25N7O3/c1-15-13-27-22(24-30-16(2)29-17(3)31-24)21-20(15)19(14-28-21)23(34)26(36)33-11-9-32(10-12-33)25(35)18-7-5-4-6-8-18/h4-8,13-14,28H,9-12H2,1-3H3. The molecule has 2 amide bonds. The van der Waals surface area contributed by atoms with E-state index in [2.05, 4.69) is 24.9 Å². The summed E-state index contributed by atoms with van der Waals surface area (Å²) < 4.78 is 0. The fraction of sp³-hybridized carbons (Fsp3) is 0.269. The Morgan fingerprint density at radius 1 is 0.861 bits per heavy atom.